The predicted octanol–water partition coefficient (Wildman–Crippen LogP) is 1.65. The molecule has 2 aromatic rings. The van der Waals surface area contributed by atoms with Crippen LogP contribution in [-0.4, -0.2) is 36.6 Å². The van der Waals surface area contributed by atoms with Crippen molar-refractivity contribution in [2.75, 3.05) is 26.8 Å². The summed E-state index contributed by atoms with van der Waals surface area (Å²) in [7, 11) is 1.71. The molecule has 4 heteroatoms. The molecule has 0 amide bonds. The molecule has 2 rings (SSSR count). The van der Waals surface area contributed by atoms with Gasteiger partial charge in [0.15, 0.2) is 0 Å². The maximum Gasteiger partial charge on any atom is 0.0648 e. The summed E-state index contributed by atoms with van der Waals surface area (Å²) in [5, 5.41) is 7.70. The minimum atomic E-state index is 0.748. The number of hydrogen-bond acceptors (Lipinski definition) is 3. The van der Waals surface area contributed by atoms with Gasteiger partial charge in [-0.25, -0.2) is 4.68 Å². The van der Waals surface area contributed by atoms with E-state index in [0.717, 1.165) is 31.8 Å². The smallest absolute Gasteiger partial charge is 0.0648 e. The Hall–Kier alpha value is -1.65. The lowest BCUT2D eigenvalue weighted by atomic mass is 10.2. The van der Waals surface area contributed by atoms with Crippen LogP contribution in [0.5, 0.6) is 0 Å². The summed E-state index contributed by atoms with van der Waals surface area (Å²) in [6.45, 7) is 2.57. The van der Waals surface area contributed by atoms with E-state index >= 15 is 0 Å². The molecule has 4 nitrogen and oxygen atoms in total. The number of benzene rings is 1. The van der Waals surface area contributed by atoms with Crippen LogP contribution in [0.3, 0.4) is 0 Å². The lowest BCUT2D eigenvalue weighted by Gasteiger charge is -2.08. The number of ether oxygens (including phenoxy) is 1. The number of methoxy groups -OCH3 is 1. The van der Waals surface area contributed by atoms with Crippen LogP contribution in [0.1, 0.15) is 5.69 Å². The Morgan fingerprint density at radius 1 is 1.17 bits per heavy atom. The second-order valence-electron chi connectivity index (χ2n) is 4.06. The summed E-state index contributed by atoms with van der Waals surface area (Å²) in [5.74, 6) is 0. The zero-order chi connectivity index (χ0) is 12.6. The van der Waals surface area contributed by atoms with E-state index in [1.54, 1.807) is 7.11 Å². The molecule has 1 aromatic heterocycles. The molecule has 18 heavy (non-hydrogen) atoms. The summed E-state index contributed by atoms with van der Waals surface area (Å²) < 4.78 is 6.98. The Bertz CT molecular complexity index is 453. The normalized spacial score (nSPS) is 10.7. The van der Waals surface area contributed by atoms with Gasteiger partial charge in [-0.3, -0.25) is 0 Å². The first-order valence-corrected chi connectivity index (χ1v) is 6.20. The molecule has 0 spiro atoms. The van der Waals surface area contributed by atoms with Crippen molar-refractivity contribution in [3.63, 3.8) is 0 Å². The number of nitrogens with one attached hydrogen (secondary N) is 1. The van der Waals surface area contributed by atoms with E-state index in [0.29, 0.717) is 0 Å². The molecule has 0 radical (unpaired) electrons. The van der Waals surface area contributed by atoms with Gasteiger partial charge in [0.1, 0.15) is 0 Å². The largest absolute Gasteiger partial charge is 0.383 e. The van der Waals surface area contributed by atoms with E-state index in [2.05, 4.69) is 28.6 Å². The van der Waals surface area contributed by atoms with Crippen molar-refractivity contribution >= 4 is 0 Å². The van der Waals surface area contributed by atoms with Gasteiger partial charge < -0.3 is 10.1 Å². The van der Waals surface area contributed by atoms with Crippen molar-refractivity contribution in [3.8, 4) is 5.69 Å². The maximum absolute atomic E-state index is 4.99. The molecule has 0 saturated carbocycles. The summed E-state index contributed by atoms with van der Waals surface area (Å²) in [6.07, 6.45) is 2.80. The third-order valence-electron chi connectivity index (χ3n) is 2.76. The lowest BCUT2D eigenvalue weighted by molar-refractivity contribution is 0.199. The molecular weight excluding hydrogens is 226 g/mol. The second-order valence-corrected chi connectivity index (χ2v) is 4.06. The highest BCUT2D eigenvalue weighted by Gasteiger charge is 2.03. The standard InChI is InChI=1S/C14H19N3O/c1-18-12-11-15-9-7-14-8-10-16-17(14)13-5-3-2-4-6-13/h2-6,8,10,15H,7,9,11-12H2,1H3. The molecule has 1 heterocycles. The number of para-hydroxylation sites is 1. The molecule has 0 unspecified atom stereocenters. The molecule has 0 bridgehead atoms. The highest BCUT2D eigenvalue weighted by atomic mass is 16.5. The number of rotatable bonds is 7. The van der Waals surface area contributed by atoms with Crippen LogP contribution < -0.4 is 5.32 Å². The van der Waals surface area contributed by atoms with E-state index in [4.69, 9.17) is 4.74 Å². The van der Waals surface area contributed by atoms with Crippen molar-refractivity contribution < 1.29 is 4.74 Å². The average Bonchev–Trinajstić information content (AvgIpc) is 2.88. The zero-order valence-electron chi connectivity index (χ0n) is 10.7. The minimum Gasteiger partial charge on any atom is -0.383 e. The quantitative estimate of drug-likeness (QED) is 0.754. The van der Waals surface area contributed by atoms with Gasteiger partial charge in [0.05, 0.1) is 12.3 Å². The van der Waals surface area contributed by atoms with Crippen LogP contribution in [0.15, 0.2) is 42.6 Å². The van der Waals surface area contributed by atoms with Crippen molar-refractivity contribution in [2.45, 2.75) is 6.42 Å². The maximum atomic E-state index is 4.99. The molecule has 0 aliphatic rings. The van der Waals surface area contributed by atoms with Crippen LogP contribution in [0.2, 0.25) is 0 Å². The van der Waals surface area contributed by atoms with Crippen LogP contribution in [-0.2, 0) is 11.2 Å². The molecule has 0 fully saturated rings. The van der Waals surface area contributed by atoms with Gasteiger partial charge >= 0.3 is 0 Å². The molecule has 0 aliphatic carbocycles. The van der Waals surface area contributed by atoms with Crippen molar-refractivity contribution in [2.24, 2.45) is 0 Å². The Morgan fingerprint density at radius 3 is 2.78 bits per heavy atom. The van der Waals surface area contributed by atoms with E-state index in [1.807, 2.05) is 29.1 Å². The second kappa shape index (κ2) is 6.93. The first-order valence-electron chi connectivity index (χ1n) is 6.20. The highest BCUT2D eigenvalue weighted by Crippen LogP contribution is 2.09. The van der Waals surface area contributed by atoms with Crippen molar-refractivity contribution in [1.29, 1.82) is 0 Å². The van der Waals surface area contributed by atoms with Crippen molar-refractivity contribution in [1.82, 2.24) is 15.1 Å². The summed E-state index contributed by atoms with van der Waals surface area (Å²) in [4.78, 5) is 0. The van der Waals surface area contributed by atoms with Gasteiger partial charge in [0.25, 0.3) is 0 Å². The highest BCUT2D eigenvalue weighted by molar-refractivity contribution is 5.32. The van der Waals surface area contributed by atoms with Crippen LogP contribution >= 0.6 is 0 Å². The fourth-order valence-electron chi connectivity index (χ4n) is 1.84. The third kappa shape index (κ3) is 3.42. The Balaban J connectivity index is 1.92. The first-order chi connectivity index (χ1) is 8.92. The molecular formula is C14H19N3O. The van der Waals surface area contributed by atoms with E-state index in [-0.39, 0.29) is 0 Å². The van der Waals surface area contributed by atoms with E-state index in [9.17, 15) is 0 Å². The topological polar surface area (TPSA) is 39.1 Å². The third-order valence-corrected chi connectivity index (χ3v) is 2.76. The molecule has 0 aliphatic heterocycles. The summed E-state index contributed by atoms with van der Waals surface area (Å²) >= 11 is 0. The SMILES string of the molecule is COCCNCCc1ccnn1-c1ccccc1. The predicted molar refractivity (Wildman–Crippen MR) is 72.0 cm³/mol. The van der Waals surface area contributed by atoms with Crippen LogP contribution in [0.25, 0.3) is 5.69 Å². The summed E-state index contributed by atoms with van der Waals surface area (Å²) in [6, 6.07) is 12.3. The van der Waals surface area contributed by atoms with E-state index in [1.165, 1.54) is 5.69 Å². The monoisotopic (exact) mass is 245 g/mol. The van der Waals surface area contributed by atoms with Gasteiger partial charge in [0.2, 0.25) is 0 Å². The molecule has 96 valence electrons. The van der Waals surface area contributed by atoms with Gasteiger partial charge in [-0.2, -0.15) is 5.10 Å². The Kier molecular flexibility index (Phi) is 4.93. The molecule has 0 saturated heterocycles. The fourth-order valence-corrected chi connectivity index (χ4v) is 1.84. The van der Waals surface area contributed by atoms with Crippen molar-refractivity contribution in [3.05, 3.63) is 48.3 Å². The van der Waals surface area contributed by atoms with Crippen LogP contribution in [0.4, 0.5) is 0 Å². The lowest BCUT2D eigenvalue weighted by Crippen LogP contribution is -2.22. The van der Waals surface area contributed by atoms with Gasteiger partial charge in [-0.15, -0.1) is 0 Å². The average molecular weight is 245 g/mol. The number of hydrogen-bond donors (Lipinski definition) is 1. The first kappa shape index (κ1) is 12.8. The van der Waals surface area contributed by atoms with Gasteiger partial charge in [-0.1, -0.05) is 18.2 Å². The molecule has 1 aromatic carbocycles. The van der Waals surface area contributed by atoms with Gasteiger partial charge in [0, 0.05) is 38.5 Å². The number of nitrogens with zero attached hydrogens (tertiary/aromatic N) is 2. The fraction of sp³-hybridized carbons (Fsp3) is 0.357. The Morgan fingerprint density at radius 2 is 2.00 bits per heavy atom. The summed E-state index contributed by atoms with van der Waals surface area (Å²) in [5.41, 5.74) is 2.32. The Labute approximate surface area is 108 Å². The van der Waals surface area contributed by atoms with E-state index < -0.39 is 0 Å². The van der Waals surface area contributed by atoms with Gasteiger partial charge in [-0.05, 0) is 18.2 Å². The zero-order valence-corrected chi connectivity index (χ0v) is 10.7. The number of aromatic nitrogens is 2. The minimum absolute atomic E-state index is 0.748. The molecule has 0 atom stereocenters. The molecule has 1 N–H and O–H groups in total. The van der Waals surface area contributed by atoms with Crippen LogP contribution in [0, 0.1) is 0 Å².